The quantitative estimate of drug-likeness (QED) is 0.777. The number of nitrogens with zero attached hydrogens (tertiary/aromatic N) is 1. The van der Waals surface area contributed by atoms with Crippen LogP contribution in [0.25, 0.3) is 0 Å². The topological polar surface area (TPSA) is 69.6 Å². The van der Waals surface area contributed by atoms with E-state index in [1.165, 1.54) is 11.3 Å². The number of hydrogen-bond acceptors (Lipinski definition) is 4. The minimum absolute atomic E-state index is 0.211. The van der Waals surface area contributed by atoms with Crippen LogP contribution in [0.4, 0.5) is 0 Å². The largest absolute Gasteiger partial charge is 0.478 e. The Hall–Kier alpha value is -1.40. The third-order valence-electron chi connectivity index (χ3n) is 3.17. The van der Waals surface area contributed by atoms with Crippen LogP contribution in [0.5, 0.6) is 0 Å². The van der Waals surface area contributed by atoms with Crippen LogP contribution in [0.15, 0.2) is 11.4 Å². The SMILES string of the molecule is O=C(O)c1csc(CNCCC(=O)N2CCCC2)c1. The summed E-state index contributed by atoms with van der Waals surface area (Å²) in [5, 5.41) is 13.6. The minimum Gasteiger partial charge on any atom is -0.478 e. The highest BCUT2D eigenvalue weighted by Crippen LogP contribution is 2.14. The highest BCUT2D eigenvalue weighted by Gasteiger charge is 2.16. The van der Waals surface area contributed by atoms with Gasteiger partial charge in [0.2, 0.25) is 5.91 Å². The van der Waals surface area contributed by atoms with Crippen LogP contribution in [-0.4, -0.2) is 41.5 Å². The van der Waals surface area contributed by atoms with Crippen LogP contribution in [0.3, 0.4) is 0 Å². The summed E-state index contributed by atoms with van der Waals surface area (Å²) >= 11 is 1.42. The molecule has 0 spiro atoms. The van der Waals surface area contributed by atoms with E-state index in [0.717, 1.165) is 30.8 Å². The van der Waals surface area contributed by atoms with Crippen LogP contribution in [0, 0.1) is 0 Å². The third-order valence-corrected chi connectivity index (χ3v) is 4.11. The first-order valence-electron chi connectivity index (χ1n) is 6.46. The molecule has 0 atom stereocenters. The van der Waals surface area contributed by atoms with Crippen LogP contribution < -0.4 is 5.32 Å². The maximum Gasteiger partial charge on any atom is 0.336 e. The number of likely N-dealkylation sites (tertiary alicyclic amines) is 1. The number of carboxylic acid groups (broad SMARTS) is 1. The summed E-state index contributed by atoms with van der Waals surface area (Å²) in [4.78, 5) is 25.4. The fraction of sp³-hybridized carbons (Fsp3) is 0.538. The lowest BCUT2D eigenvalue weighted by Gasteiger charge is -2.14. The van der Waals surface area contributed by atoms with E-state index >= 15 is 0 Å². The maximum atomic E-state index is 11.8. The summed E-state index contributed by atoms with van der Waals surface area (Å²) in [5.74, 6) is -0.686. The number of amides is 1. The van der Waals surface area contributed by atoms with Crippen LogP contribution in [-0.2, 0) is 11.3 Å². The Morgan fingerprint density at radius 3 is 2.74 bits per heavy atom. The molecule has 0 radical (unpaired) electrons. The number of nitrogens with one attached hydrogen (secondary N) is 1. The Bertz CT molecular complexity index is 452. The van der Waals surface area contributed by atoms with Crippen molar-refractivity contribution in [3.8, 4) is 0 Å². The second kappa shape index (κ2) is 6.68. The molecule has 0 bridgehead atoms. The molecule has 6 heteroatoms. The summed E-state index contributed by atoms with van der Waals surface area (Å²) < 4.78 is 0. The molecule has 104 valence electrons. The van der Waals surface area contributed by atoms with Gasteiger partial charge in [0.25, 0.3) is 0 Å². The summed E-state index contributed by atoms with van der Waals surface area (Å²) in [6, 6.07) is 1.67. The van der Waals surface area contributed by atoms with E-state index in [4.69, 9.17) is 5.11 Å². The lowest BCUT2D eigenvalue weighted by atomic mass is 10.3. The molecule has 0 aromatic carbocycles. The van der Waals surface area contributed by atoms with Crippen molar-refractivity contribution in [1.29, 1.82) is 0 Å². The van der Waals surface area contributed by atoms with Gasteiger partial charge in [-0.25, -0.2) is 4.79 Å². The summed E-state index contributed by atoms with van der Waals surface area (Å²) in [6.07, 6.45) is 2.75. The molecule has 2 heterocycles. The fourth-order valence-electron chi connectivity index (χ4n) is 2.12. The molecule has 1 aromatic rings. The molecule has 1 aliphatic heterocycles. The molecule has 0 saturated carbocycles. The number of hydrogen-bond donors (Lipinski definition) is 2. The Labute approximate surface area is 116 Å². The Morgan fingerprint density at radius 2 is 2.11 bits per heavy atom. The lowest BCUT2D eigenvalue weighted by Crippen LogP contribution is -2.30. The zero-order chi connectivity index (χ0) is 13.7. The van der Waals surface area contributed by atoms with Gasteiger partial charge in [-0.15, -0.1) is 11.3 Å². The van der Waals surface area contributed by atoms with Gasteiger partial charge in [-0.2, -0.15) is 0 Å². The standard InChI is InChI=1S/C13H18N2O3S/c16-12(15-5-1-2-6-15)3-4-14-8-11-7-10(9-19-11)13(17)18/h7,9,14H,1-6,8H2,(H,17,18). The van der Waals surface area contributed by atoms with Gasteiger partial charge in [0.1, 0.15) is 0 Å². The highest BCUT2D eigenvalue weighted by molar-refractivity contribution is 7.10. The molecule has 1 aliphatic rings. The predicted molar refractivity (Wildman–Crippen MR) is 73.4 cm³/mol. The third kappa shape index (κ3) is 4.04. The molecular formula is C13H18N2O3S. The Morgan fingerprint density at radius 1 is 1.37 bits per heavy atom. The fourth-order valence-corrected chi connectivity index (χ4v) is 2.94. The summed E-state index contributed by atoms with van der Waals surface area (Å²) in [6.45, 7) is 3.04. The normalized spacial score (nSPS) is 14.8. The van der Waals surface area contributed by atoms with Crippen molar-refractivity contribution in [2.24, 2.45) is 0 Å². The number of carboxylic acids is 1. The monoisotopic (exact) mass is 282 g/mol. The molecule has 1 aromatic heterocycles. The smallest absolute Gasteiger partial charge is 0.336 e. The average Bonchev–Trinajstić information content (AvgIpc) is 3.05. The van der Waals surface area contributed by atoms with E-state index in [1.54, 1.807) is 11.4 Å². The second-order valence-corrected chi connectivity index (χ2v) is 5.62. The molecule has 2 N–H and O–H groups in total. The zero-order valence-electron chi connectivity index (χ0n) is 10.7. The first-order valence-corrected chi connectivity index (χ1v) is 7.34. The van der Waals surface area contributed by atoms with E-state index in [2.05, 4.69) is 5.32 Å². The van der Waals surface area contributed by atoms with Crippen molar-refractivity contribution >= 4 is 23.2 Å². The van der Waals surface area contributed by atoms with Gasteiger partial charge in [-0.3, -0.25) is 4.79 Å². The van der Waals surface area contributed by atoms with Crippen LogP contribution in [0.1, 0.15) is 34.5 Å². The number of rotatable bonds is 6. The molecule has 0 unspecified atom stereocenters. The van der Waals surface area contributed by atoms with Gasteiger partial charge in [-0.05, 0) is 18.9 Å². The second-order valence-electron chi connectivity index (χ2n) is 4.62. The van der Waals surface area contributed by atoms with Gasteiger partial charge in [0.15, 0.2) is 0 Å². The number of carbonyl (C=O) groups excluding carboxylic acids is 1. The van der Waals surface area contributed by atoms with Crippen LogP contribution >= 0.6 is 11.3 Å². The lowest BCUT2D eigenvalue weighted by molar-refractivity contribution is -0.130. The Balaban J connectivity index is 1.65. The Kier molecular flexibility index (Phi) is 4.93. The summed E-state index contributed by atoms with van der Waals surface area (Å²) in [5.41, 5.74) is 0.329. The minimum atomic E-state index is -0.897. The van der Waals surface area contributed by atoms with Gasteiger partial charge >= 0.3 is 5.97 Å². The zero-order valence-corrected chi connectivity index (χ0v) is 11.5. The predicted octanol–water partition coefficient (Wildman–Crippen LogP) is 1.55. The molecule has 19 heavy (non-hydrogen) atoms. The molecule has 1 fully saturated rings. The molecule has 5 nitrogen and oxygen atoms in total. The van der Waals surface area contributed by atoms with Crippen molar-refractivity contribution in [2.45, 2.75) is 25.8 Å². The van der Waals surface area contributed by atoms with Crippen molar-refractivity contribution in [1.82, 2.24) is 10.2 Å². The van der Waals surface area contributed by atoms with Crippen molar-refractivity contribution < 1.29 is 14.7 Å². The molecular weight excluding hydrogens is 264 g/mol. The van der Waals surface area contributed by atoms with Gasteiger partial charge in [0, 0.05) is 42.9 Å². The molecule has 1 saturated heterocycles. The van der Waals surface area contributed by atoms with E-state index < -0.39 is 5.97 Å². The molecule has 2 rings (SSSR count). The number of carbonyl (C=O) groups is 2. The first-order chi connectivity index (χ1) is 9.16. The molecule has 0 aliphatic carbocycles. The van der Waals surface area contributed by atoms with E-state index in [1.807, 2.05) is 4.90 Å². The van der Waals surface area contributed by atoms with E-state index in [0.29, 0.717) is 25.1 Å². The van der Waals surface area contributed by atoms with Crippen molar-refractivity contribution in [3.63, 3.8) is 0 Å². The van der Waals surface area contributed by atoms with Crippen molar-refractivity contribution in [2.75, 3.05) is 19.6 Å². The van der Waals surface area contributed by atoms with Gasteiger partial charge in [0.05, 0.1) is 5.56 Å². The number of thiophene rings is 1. The average molecular weight is 282 g/mol. The summed E-state index contributed by atoms with van der Waals surface area (Å²) in [7, 11) is 0. The maximum absolute atomic E-state index is 11.8. The van der Waals surface area contributed by atoms with Crippen molar-refractivity contribution in [3.05, 3.63) is 21.9 Å². The van der Waals surface area contributed by atoms with Gasteiger partial charge in [-0.1, -0.05) is 0 Å². The van der Waals surface area contributed by atoms with Gasteiger partial charge < -0.3 is 15.3 Å². The first kappa shape index (κ1) is 14.0. The van der Waals surface area contributed by atoms with Crippen LogP contribution in [0.2, 0.25) is 0 Å². The van der Waals surface area contributed by atoms with E-state index in [9.17, 15) is 9.59 Å². The highest BCUT2D eigenvalue weighted by atomic mass is 32.1. The van der Waals surface area contributed by atoms with E-state index in [-0.39, 0.29) is 5.91 Å². The number of aromatic carboxylic acids is 1. The molecule has 1 amide bonds.